The highest BCUT2D eigenvalue weighted by molar-refractivity contribution is 5.60. The zero-order valence-electron chi connectivity index (χ0n) is 14.4. The summed E-state index contributed by atoms with van der Waals surface area (Å²) in [6.07, 6.45) is 7.85. The maximum Gasteiger partial charge on any atom is 0.510 e. The summed E-state index contributed by atoms with van der Waals surface area (Å²) in [5.41, 5.74) is 1.19. The Morgan fingerprint density at radius 2 is 1.75 bits per heavy atom. The maximum absolute atomic E-state index is 12.8. The SMILES string of the molecule is CCOC(=O)OC1(CCCCCCCCc2ccc(F)cc2)CO1. The standard InChI is InChI=1S/C19H27FO4/c1-2-22-18(21)24-19(15-23-19)14-8-6-4-3-5-7-9-16-10-12-17(20)13-11-16/h10-13H,2-9,14-15H2,1H3. The van der Waals surface area contributed by atoms with E-state index in [9.17, 15) is 9.18 Å². The summed E-state index contributed by atoms with van der Waals surface area (Å²) in [6, 6.07) is 6.74. The minimum absolute atomic E-state index is 0.178. The molecule has 1 aliphatic rings. The number of benzene rings is 1. The molecule has 5 heteroatoms. The smallest absolute Gasteiger partial charge is 0.435 e. The minimum Gasteiger partial charge on any atom is -0.435 e. The predicted molar refractivity (Wildman–Crippen MR) is 89.2 cm³/mol. The van der Waals surface area contributed by atoms with Gasteiger partial charge in [0, 0.05) is 6.42 Å². The Balaban J connectivity index is 1.45. The van der Waals surface area contributed by atoms with Gasteiger partial charge in [0.25, 0.3) is 0 Å². The number of carbonyl (C=O) groups is 1. The van der Waals surface area contributed by atoms with Crippen molar-refractivity contribution in [3.8, 4) is 0 Å². The molecule has 1 fully saturated rings. The van der Waals surface area contributed by atoms with Crippen molar-refractivity contribution in [3.05, 3.63) is 35.6 Å². The fourth-order valence-electron chi connectivity index (χ4n) is 2.72. The number of epoxide rings is 1. The summed E-state index contributed by atoms with van der Waals surface area (Å²) in [5, 5.41) is 0. The predicted octanol–water partition coefficient (Wildman–Crippen LogP) is 5.00. The van der Waals surface area contributed by atoms with E-state index in [1.807, 2.05) is 12.1 Å². The van der Waals surface area contributed by atoms with E-state index in [1.165, 1.54) is 37.0 Å². The van der Waals surface area contributed by atoms with Crippen LogP contribution >= 0.6 is 0 Å². The van der Waals surface area contributed by atoms with Crippen LogP contribution in [-0.2, 0) is 20.6 Å². The minimum atomic E-state index is -0.713. The first-order chi connectivity index (χ1) is 11.6. The second kappa shape index (κ2) is 9.62. The third-order valence-corrected chi connectivity index (χ3v) is 4.18. The van der Waals surface area contributed by atoms with Gasteiger partial charge in [-0.2, -0.15) is 0 Å². The molecule has 1 aliphatic heterocycles. The van der Waals surface area contributed by atoms with Crippen molar-refractivity contribution >= 4 is 6.16 Å². The molecule has 134 valence electrons. The summed E-state index contributed by atoms with van der Waals surface area (Å²) >= 11 is 0. The second-order valence-electron chi connectivity index (χ2n) is 6.23. The molecule has 1 unspecified atom stereocenters. The van der Waals surface area contributed by atoms with E-state index in [2.05, 4.69) is 0 Å². The van der Waals surface area contributed by atoms with Gasteiger partial charge in [-0.25, -0.2) is 9.18 Å². The third-order valence-electron chi connectivity index (χ3n) is 4.18. The molecular formula is C19H27FO4. The Hall–Kier alpha value is -1.62. The number of ether oxygens (including phenoxy) is 3. The normalized spacial score (nSPS) is 19.1. The molecule has 0 N–H and O–H groups in total. The van der Waals surface area contributed by atoms with E-state index in [4.69, 9.17) is 14.2 Å². The molecule has 1 saturated heterocycles. The van der Waals surface area contributed by atoms with Gasteiger partial charge < -0.3 is 14.2 Å². The van der Waals surface area contributed by atoms with Crippen LogP contribution in [0.25, 0.3) is 0 Å². The van der Waals surface area contributed by atoms with Gasteiger partial charge in [-0.05, 0) is 43.9 Å². The lowest BCUT2D eigenvalue weighted by Gasteiger charge is -2.12. The molecule has 1 heterocycles. The summed E-state index contributed by atoms with van der Waals surface area (Å²) in [4.78, 5) is 11.3. The molecule has 4 nitrogen and oxygen atoms in total. The van der Waals surface area contributed by atoms with Crippen LogP contribution in [0.2, 0.25) is 0 Å². The van der Waals surface area contributed by atoms with Crippen molar-refractivity contribution in [1.29, 1.82) is 0 Å². The number of carbonyl (C=O) groups excluding carboxylic acids is 1. The molecule has 0 aliphatic carbocycles. The zero-order valence-corrected chi connectivity index (χ0v) is 14.4. The fraction of sp³-hybridized carbons (Fsp3) is 0.632. The van der Waals surface area contributed by atoms with E-state index in [1.54, 1.807) is 6.92 Å². The van der Waals surface area contributed by atoms with Crippen LogP contribution in [0.5, 0.6) is 0 Å². The Labute approximate surface area is 143 Å². The summed E-state index contributed by atoms with van der Waals surface area (Å²) in [6.45, 7) is 2.54. The van der Waals surface area contributed by atoms with E-state index < -0.39 is 11.9 Å². The van der Waals surface area contributed by atoms with Crippen molar-refractivity contribution in [2.75, 3.05) is 13.2 Å². The van der Waals surface area contributed by atoms with Crippen molar-refractivity contribution in [1.82, 2.24) is 0 Å². The first kappa shape index (κ1) is 18.7. The molecule has 0 bridgehead atoms. The van der Waals surface area contributed by atoms with Crippen LogP contribution in [0.4, 0.5) is 9.18 Å². The van der Waals surface area contributed by atoms with E-state index in [0.29, 0.717) is 13.2 Å². The number of hydrogen-bond donors (Lipinski definition) is 0. The van der Waals surface area contributed by atoms with E-state index in [0.717, 1.165) is 32.1 Å². The fourth-order valence-corrected chi connectivity index (χ4v) is 2.72. The van der Waals surface area contributed by atoms with Gasteiger partial charge in [0.2, 0.25) is 5.79 Å². The van der Waals surface area contributed by atoms with Crippen LogP contribution in [0.3, 0.4) is 0 Å². The third kappa shape index (κ3) is 6.87. The van der Waals surface area contributed by atoms with Crippen molar-refractivity contribution in [2.45, 2.75) is 64.1 Å². The number of rotatable bonds is 11. The van der Waals surface area contributed by atoms with Crippen LogP contribution in [0.15, 0.2) is 24.3 Å². The number of halogens is 1. The monoisotopic (exact) mass is 338 g/mol. The number of hydrogen-bond acceptors (Lipinski definition) is 4. The lowest BCUT2D eigenvalue weighted by atomic mass is 10.0. The highest BCUT2D eigenvalue weighted by atomic mass is 19.1. The van der Waals surface area contributed by atoms with Gasteiger partial charge in [0.15, 0.2) is 0 Å². The van der Waals surface area contributed by atoms with Crippen LogP contribution in [0.1, 0.15) is 57.4 Å². The Morgan fingerprint density at radius 3 is 2.38 bits per heavy atom. The number of unbranched alkanes of at least 4 members (excludes halogenated alkanes) is 5. The topological polar surface area (TPSA) is 48.1 Å². The lowest BCUT2D eigenvalue weighted by Crippen LogP contribution is -2.22. The molecule has 2 rings (SSSR count). The molecule has 0 saturated carbocycles. The first-order valence-corrected chi connectivity index (χ1v) is 8.88. The number of aryl methyl sites for hydroxylation is 1. The molecule has 0 amide bonds. The average molecular weight is 338 g/mol. The highest BCUT2D eigenvalue weighted by Gasteiger charge is 2.49. The van der Waals surface area contributed by atoms with Gasteiger partial charge in [-0.1, -0.05) is 37.8 Å². The molecule has 0 radical (unpaired) electrons. The van der Waals surface area contributed by atoms with Crippen molar-refractivity contribution in [2.24, 2.45) is 0 Å². The van der Waals surface area contributed by atoms with E-state index >= 15 is 0 Å². The van der Waals surface area contributed by atoms with Crippen LogP contribution < -0.4 is 0 Å². The molecule has 24 heavy (non-hydrogen) atoms. The summed E-state index contributed by atoms with van der Waals surface area (Å²) in [5.74, 6) is -0.891. The summed E-state index contributed by atoms with van der Waals surface area (Å²) in [7, 11) is 0. The maximum atomic E-state index is 12.8. The molecule has 1 aromatic rings. The average Bonchev–Trinajstić information content (AvgIpc) is 3.31. The Kier molecular flexibility index (Phi) is 7.50. The largest absolute Gasteiger partial charge is 0.510 e. The molecule has 0 spiro atoms. The van der Waals surface area contributed by atoms with Crippen molar-refractivity contribution in [3.63, 3.8) is 0 Å². The van der Waals surface area contributed by atoms with Gasteiger partial charge in [0.1, 0.15) is 12.4 Å². The Morgan fingerprint density at radius 1 is 1.12 bits per heavy atom. The van der Waals surface area contributed by atoms with Gasteiger partial charge >= 0.3 is 6.16 Å². The highest BCUT2D eigenvalue weighted by Crippen LogP contribution is 2.34. The van der Waals surface area contributed by atoms with Crippen molar-refractivity contribution < 1.29 is 23.4 Å². The summed E-state index contributed by atoms with van der Waals surface area (Å²) < 4.78 is 28.0. The zero-order chi connectivity index (χ0) is 17.3. The first-order valence-electron chi connectivity index (χ1n) is 8.88. The van der Waals surface area contributed by atoms with Gasteiger partial charge in [-0.15, -0.1) is 0 Å². The second-order valence-corrected chi connectivity index (χ2v) is 6.23. The molecule has 0 aromatic heterocycles. The molecule has 1 aromatic carbocycles. The molecule has 1 atom stereocenters. The van der Waals surface area contributed by atoms with Crippen LogP contribution in [0, 0.1) is 5.82 Å². The Bertz CT molecular complexity index is 497. The lowest BCUT2D eigenvalue weighted by molar-refractivity contribution is -0.0381. The van der Waals surface area contributed by atoms with E-state index in [-0.39, 0.29) is 5.82 Å². The quantitative estimate of drug-likeness (QED) is 0.324. The van der Waals surface area contributed by atoms with Crippen LogP contribution in [-0.4, -0.2) is 25.2 Å². The molecular weight excluding hydrogens is 311 g/mol. The van der Waals surface area contributed by atoms with Gasteiger partial charge in [0.05, 0.1) is 6.61 Å². The van der Waals surface area contributed by atoms with Gasteiger partial charge in [-0.3, -0.25) is 0 Å².